The Hall–Kier alpha value is -2.28. The number of carbonyl (C=O) groups is 1. The molecule has 2 aromatic rings. The number of nitro benzene ring substituents is 1. The average Bonchev–Trinajstić information content (AvgIpc) is 2.87. The summed E-state index contributed by atoms with van der Waals surface area (Å²) in [6.07, 6.45) is 0.678. The molecule has 0 aliphatic carbocycles. The van der Waals surface area contributed by atoms with E-state index in [9.17, 15) is 14.9 Å². The molecule has 7 heteroatoms. The molecule has 6 nitrogen and oxygen atoms in total. The Morgan fingerprint density at radius 3 is 2.70 bits per heavy atom. The SMILES string of the molecule is CC(=O)NCCc1nc(-c2ccc([N+](=O)[O-])cc2)cs1. The first-order valence-corrected chi connectivity index (χ1v) is 6.88. The summed E-state index contributed by atoms with van der Waals surface area (Å²) in [5.41, 5.74) is 1.70. The van der Waals surface area contributed by atoms with Gasteiger partial charge in [0.2, 0.25) is 5.91 Å². The second kappa shape index (κ2) is 6.25. The number of amides is 1. The molecule has 104 valence electrons. The van der Waals surface area contributed by atoms with Crippen molar-refractivity contribution >= 4 is 22.9 Å². The molecule has 0 radical (unpaired) electrons. The average molecular weight is 291 g/mol. The third-order valence-corrected chi connectivity index (χ3v) is 3.55. The zero-order chi connectivity index (χ0) is 14.5. The summed E-state index contributed by atoms with van der Waals surface area (Å²) < 4.78 is 0. The van der Waals surface area contributed by atoms with Crippen molar-refractivity contribution in [3.8, 4) is 11.3 Å². The van der Waals surface area contributed by atoms with Crippen LogP contribution >= 0.6 is 11.3 Å². The van der Waals surface area contributed by atoms with E-state index in [0.717, 1.165) is 16.3 Å². The first kappa shape index (κ1) is 14.1. The summed E-state index contributed by atoms with van der Waals surface area (Å²) in [6.45, 7) is 2.03. The Balaban J connectivity index is 2.04. The summed E-state index contributed by atoms with van der Waals surface area (Å²) in [4.78, 5) is 25.4. The lowest BCUT2D eigenvalue weighted by molar-refractivity contribution is -0.384. The topological polar surface area (TPSA) is 85.1 Å². The molecule has 0 atom stereocenters. The van der Waals surface area contributed by atoms with Gasteiger partial charge in [0.1, 0.15) is 0 Å². The van der Waals surface area contributed by atoms with Gasteiger partial charge in [0.05, 0.1) is 15.6 Å². The maximum atomic E-state index is 10.8. The highest BCUT2D eigenvalue weighted by atomic mass is 32.1. The predicted octanol–water partition coefficient (Wildman–Crippen LogP) is 2.40. The monoisotopic (exact) mass is 291 g/mol. The first-order chi connectivity index (χ1) is 9.56. The molecule has 0 bridgehead atoms. The highest BCUT2D eigenvalue weighted by Gasteiger charge is 2.08. The molecule has 1 heterocycles. The summed E-state index contributed by atoms with van der Waals surface area (Å²) in [5, 5.41) is 16.1. The lowest BCUT2D eigenvalue weighted by atomic mass is 10.1. The van der Waals surface area contributed by atoms with E-state index in [0.29, 0.717) is 13.0 Å². The van der Waals surface area contributed by atoms with E-state index >= 15 is 0 Å². The lowest BCUT2D eigenvalue weighted by Crippen LogP contribution is -2.22. The fraction of sp³-hybridized carbons (Fsp3) is 0.231. The summed E-state index contributed by atoms with van der Waals surface area (Å²) in [5.74, 6) is -0.0582. The highest BCUT2D eigenvalue weighted by Crippen LogP contribution is 2.24. The van der Waals surface area contributed by atoms with Crippen molar-refractivity contribution in [1.82, 2.24) is 10.3 Å². The van der Waals surface area contributed by atoms with Crippen molar-refractivity contribution in [2.24, 2.45) is 0 Å². The minimum atomic E-state index is -0.427. The van der Waals surface area contributed by atoms with E-state index in [-0.39, 0.29) is 11.6 Å². The van der Waals surface area contributed by atoms with Gasteiger partial charge >= 0.3 is 0 Å². The van der Waals surface area contributed by atoms with Crippen LogP contribution in [0, 0.1) is 10.1 Å². The zero-order valence-electron chi connectivity index (χ0n) is 10.8. The number of hydrogen-bond acceptors (Lipinski definition) is 5. The smallest absolute Gasteiger partial charge is 0.269 e. The van der Waals surface area contributed by atoms with Crippen LogP contribution in [-0.2, 0) is 11.2 Å². The van der Waals surface area contributed by atoms with Crippen molar-refractivity contribution in [2.75, 3.05) is 6.54 Å². The maximum absolute atomic E-state index is 10.8. The number of carbonyl (C=O) groups excluding carboxylic acids is 1. The van der Waals surface area contributed by atoms with Crippen molar-refractivity contribution < 1.29 is 9.72 Å². The number of non-ortho nitro benzene ring substituents is 1. The van der Waals surface area contributed by atoms with Crippen LogP contribution in [0.1, 0.15) is 11.9 Å². The normalized spacial score (nSPS) is 10.2. The number of benzene rings is 1. The van der Waals surface area contributed by atoms with Crippen LogP contribution < -0.4 is 5.32 Å². The second-order valence-electron chi connectivity index (χ2n) is 4.16. The predicted molar refractivity (Wildman–Crippen MR) is 76.6 cm³/mol. The van der Waals surface area contributed by atoms with Crippen LogP contribution in [-0.4, -0.2) is 22.4 Å². The van der Waals surface area contributed by atoms with Crippen molar-refractivity contribution in [1.29, 1.82) is 0 Å². The van der Waals surface area contributed by atoms with Gasteiger partial charge in [-0.3, -0.25) is 14.9 Å². The fourth-order valence-electron chi connectivity index (χ4n) is 1.66. The minimum Gasteiger partial charge on any atom is -0.356 e. The molecule has 1 N–H and O–H groups in total. The van der Waals surface area contributed by atoms with Crippen LogP contribution in [0.15, 0.2) is 29.6 Å². The van der Waals surface area contributed by atoms with Gasteiger partial charge in [-0.15, -0.1) is 11.3 Å². The third kappa shape index (κ3) is 3.61. The molecule has 1 amide bonds. The van der Waals surface area contributed by atoms with Crippen LogP contribution in [0.5, 0.6) is 0 Å². The Kier molecular flexibility index (Phi) is 4.41. The Morgan fingerprint density at radius 1 is 1.40 bits per heavy atom. The quantitative estimate of drug-likeness (QED) is 0.677. The molecule has 0 spiro atoms. The largest absolute Gasteiger partial charge is 0.356 e. The van der Waals surface area contributed by atoms with E-state index in [1.807, 2.05) is 5.38 Å². The van der Waals surface area contributed by atoms with Gasteiger partial charge in [0.25, 0.3) is 5.69 Å². The van der Waals surface area contributed by atoms with Gasteiger partial charge in [-0.05, 0) is 12.1 Å². The molecule has 0 saturated heterocycles. The van der Waals surface area contributed by atoms with Gasteiger partial charge in [0, 0.05) is 43.0 Å². The molecule has 2 rings (SSSR count). The van der Waals surface area contributed by atoms with E-state index in [1.165, 1.54) is 30.4 Å². The molecule has 0 fully saturated rings. The summed E-state index contributed by atoms with van der Waals surface area (Å²) in [6, 6.07) is 6.30. The van der Waals surface area contributed by atoms with Crippen molar-refractivity contribution in [3.63, 3.8) is 0 Å². The standard InChI is InChI=1S/C13H13N3O3S/c1-9(17)14-7-6-13-15-12(8-20-13)10-2-4-11(5-3-10)16(18)19/h2-5,8H,6-7H2,1H3,(H,14,17). The molecule has 0 saturated carbocycles. The van der Waals surface area contributed by atoms with Gasteiger partial charge < -0.3 is 5.32 Å². The van der Waals surface area contributed by atoms with Gasteiger partial charge in [-0.2, -0.15) is 0 Å². The fourth-order valence-corrected chi connectivity index (χ4v) is 2.47. The number of nitrogens with zero attached hydrogens (tertiary/aromatic N) is 2. The van der Waals surface area contributed by atoms with Crippen LogP contribution in [0.4, 0.5) is 5.69 Å². The number of hydrogen-bond donors (Lipinski definition) is 1. The summed E-state index contributed by atoms with van der Waals surface area (Å²) >= 11 is 1.51. The van der Waals surface area contributed by atoms with Gasteiger partial charge in [-0.1, -0.05) is 0 Å². The molecular weight excluding hydrogens is 278 g/mol. The van der Waals surface area contributed by atoms with Crippen LogP contribution in [0.3, 0.4) is 0 Å². The van der Waals surface area contributed by atoms with E-state index in [4.69, 9.17) is 0 Å². The molecule has 0 aliphatic rings. The second-order valence-corrected chi connectivity index (χ2v) is 5.11. The minimum absolute atomic E-state index is 0.0582. The number of thiazole rings is 1. The third-order valence-electron chi connectivity index (χ3n) is 2.64. The van der Waals surface area contributed by atoms with Crippen LogP contribution in [0.25, 0.3) is 11.3 Å². The molecule has 1 aromatic carbocycles. The highest BCUT2D eigenvalue weighted by molar-refractivity contribution is 7.09. The summed E-state index contributed by atoms with van der Waals surface area (Å²) in [7, 11) is 0. The lowest BCUT2D eigenvalue weighted by Gasteiger charge is -1.98. The number of rotatable bonds is 5. The van der Waals surface area contributed by atoms with Gasteiger partial charge in [-0.25, -0.2) is 4.98 Å². The van der Waals surface area contributed by atoms with E-state index in [1.54, 1.807) is 12.1 Å². The zero-order valence-corrected chi connectivity index (χ0v) is 11.6. The molecule has 0 aliphatic heterocycles. The van der Waals surface area contributed by atoms with Crippen molar-refractivity contribution in [3.05, 3.63) is 44.8 Å². The number of nitrogens with one attached hydrogen (secondary N) is 1. The van der Waals surface area contributed by atoms with Crippen molar-refractivity contribution in [2.45, 2.75) is 13.3 Å². The molecule has 1 aromatic heterocycles. The number of aromatic nitrogens is 1. The Labute approximate surface area is 119 Å². The Bertz CT molecular complexity index is 622. The molecule has 20 heavy (non-hydrogen) atoms. The first-order valence-electron chi connectivity index (χ1n) is 6.00. The van der Waals surface area contributed by atoms with E-state index < -0.39 is 4.92 Å². The van der Waals surface area contributed by atoms with Crippen LogP contribution in [0.2, 0.25) is 0 Å². The van der Waals surface area contributed by atoms with E-state index in [2.05, 4.69) is 10.3 Å². The molecular formula is C13H13N3O3S. The Morgan fingerprint density at radius 2 is 2.10 bits per heavy atom. The van der Waals surface area contributed by atoms with Gasteiger partial charge in [0.15, 0.2) is 0 Å². The maximum Gasteiger partial charge on any atom is 0.269 e. The molecule has 0 unspecified atom stereocenters. The number of nitro groups is 1.